The van der Waals surface area contributed by atoms with Crippen LogP contribution in [0.2, 0.25) is 0 Å². The first-order chi connectivity index (χ1) is 23.8. The molecule has 2 heteroatoms. The van der Waals surface area contributed by atoms with Crippen molar-refractivity contribution in [1.82, 2.24) is 9.97 Å². The Kier molecular flexibility index (Phi) is 6.84. The molecule has 0 fully saturated rings. The van der Waals surface area contributed by atoms with Crippen LogP contribution in [0.4, 0.5) is 0 Å². The monoisotopic (exact) mass is 610 g/mol. The molecule has 0 unspecified atom stereocenters. The van der Waals surface area contributed by atoms with E-state index in [0.29, 0.717) is 5.82 Å². The summed E-state index contributed by atoms with van der Waals surface area (Å²) in [6.45, 7) is 0. The van der Waals surface area contributed by atoms with Crippen LogP contribution >= 0.6 is 0 Å². The lowest BCUT2D eigenvalue weighted by molar-refractivity contribution is 1.18. The molecule has 9 aromatic rings. The highest BCUT2D eigenvalue weighted by atomic mass is 14.9. The van der Waals surface area contributed by atoms with E-state index in [1.54, 1.807) is 0 Å². The molecule has 9 rings (SSSR count). The maximum atomic E-state index is 5.18. The van der Waals surface area contributed by atoms with E-state index >= 15 is 0 Å². The summed E-state index contributed by atoms with van der Waals surface area (Å²) in [5, 5.41) is 7.64. The van der Waals surface area contributed by atoms with Crippen LogP contribution in [0.1, 0.15) is 0 Å². The molecule has 1 aromatic heterocycles. The van der Waals surface area contributed by atoms with Crippen molar-refractivity contribution < 1.29 is 0 Å². The molecular weight excluding hydrogens is 581 g/mol. The fourth-order valence-electron chi connectivity index (χ4n) is 7.04. The van der Waals surface area contributed by atoms with Gasteiger partial charge in [-0.2, -0.15) is 0 Å². The van der Waals surface area contributed by atoms with Gasteiger partial charge in [0.05, 0.1) is 11.4 Å². The van der Waals surface area contributed by atoms with Crippen molar-refractivity contribution in [2.75, 3.05) is 0 Å². The molecule has 0 amide bonds. The second-order valence-electron chi connectivity index (χ2n) is 12.1. The molecule has 0 aliphatic rings. The number of nitrogens with zero attached hydrogens (tertiary/aromatic N) is 2. The van der Waals surface area contributed by atoms with Crippen LogP contribution in [0, 0.1) is 0 Å². The second-order valence-corrected chi connectivity index (χ2v) is 12.1. The number of hydrogen-bond acceptors (Lipinski definition) is 2. The molecule has 0 saturated heterocycles. The molecule has 0 saturated carbocycles. The van der Waals surface area contributed by atoms with E-state index in [2.05, 4.69) is 170 Å². The van der Waals surface area contributed by atoms with E-state index < -0.39 is 0 Å². The van der Waals surface area contributed by atoms with Crippen LogP contribution in [0.25, 0.3) is 88.5 Å². The number of fused-ring (bicyclic) bond motifs is 6. The summed E-state index contributed by atoms with van der Waals surface area (Å²) in [5.41, 5.74) is 9.51. The van der Waals surface area contributed by atoms with Crippen molar-refractivity contribution in [2.45, 2.75) is 0 Å². The molecular formula is C46H30N2. The molecule has 0 N–H and O–H groups in total. The van der Waals surface area contributed by atoms with Gasteiger partial charge in [-0.15, -0.1) is 0 Å². The highest BCUT2D eigenvalue weighted by Gasteiger charge is 2.17. The third-order valence-corrected chi connectivity index (χ3v) is 9.31. The lowest BCUT2D eigenvalue weighted by Crippen LogP contribution is -1.98. The molecule has 0 spiro atoms. The largest absolute Gasteiger partial charge is 0.228 e. The van der Waals surface area contributed by atoms with Crippen LogP contribution in [0.3, 0.4) is 0 Å². The number of hydrogen-bond donors (Lipinski definition) is 0. The average Bonchev–Trinajstić information content (AvgIpc) is 3.18. The van der Waals surface area contributed by atoms with Gasteiger partial charge in [0.15, 0.2) is 5.82 Å². The standard InChI is InChI=1S/C46H30N2/c1-3-15-31(16-4-1)44-30-45(32-17-5-2-6-18-32)48-46(47-44)42-26-14-13-24-39(42)35-20-8-7-19-34(35)33-27-28-41-38-23-10-9-21-36(38)37-22-11-12-25-40(37)43(41)29-33/h1-30H. The van der Waals surface area contributed by atoms with Gasteiger partial charge in [-0.25, -0.2) is 9.97 Å². The summed E-state index contributed by atoms with van der Waals surface area (Å²) in [7, 11) is 0. The Morgan fingerprint density at radius 3 is 1.19 bits per heavy atom. The first-order valence-electron chi connectivity index (χ1n) is 16.3. The van der Waals surface area contributed by atoms with Crippen LogP contribution in [-0.2, 0) is 0 Å². The van der Waals surface area contributed by atoms with Crippen LogP contribution in [0.5, 0.6) is 0 Å². The molecule has 0 aliphatic carbocycles. The molecule has 2 nitrogen and oxygen atoms in total. The summed E-state index contributed by atoms with van der Waals surface area (Å²) < 4.78 is 0. The Hall–Kier alpha value is -6.38. The zero-order valence-corrected chi connectivity index (χ0v) is 26.2. The topological polar surface area (TPSA) is 25.8 Å². The van der Waals surface area contributed by atoms with Crippen molar-refractivity contribution in [1.29, 1.82) is 0 Å². The quantitative estimate of drug-likeness (QED) is 0.181. The third kappa shape index (κ3) is 4.83. The molecule has 0 atom stereocenters. The molecule has 1 heterocycles. The van der Waals surface area contributed by atoms with Crippen molar-refractivity contribution >= 4 is 32.3 Å². The predicted molar refractivity (Wildman–Crippen MR) is 202 cm³/mol. The van der Waals surface area contributed by atoms with Gasteiger partial charge in [0.25, 0.3) is 0 Å². The highest BCUT2D eigenvalue weighted by Crippen LogP contribution is 2.41. The van der Waals surface area contributed by atoms with Gasteiger partial charge in [0, 0.05) is 16.7 Å². The van der Waals surface area contributed by atoms with Crippen molar-refractivity contribution in [3.05, 3.63) is 182 Å². The fraction of sp³-hybridized carbons (Fsp3) is 0. The van der Waals surface area contributed by atoms with Gasteiger partial charge in [-0.3, -0.25) is 0 Å². The van der Waals surface area contributed by atoms with Crippen LogP contribution in [0.15, 0.2) is 182 Å². The van der Waals surface area contributed by atoms with Gasteiger partial charge >= 0.3 is 0 Å². The van der Waals surface area contributed by atoms with Gasteiger partial charge in [-0.05, 0) is 66.7 Å². The van der Waals surface area contributed by atoms with Crippen molar-refractivity contribution in [2.24, 2.45) is 0 Å². The molecule has 224 valence electrons. The third-order valence-electron chi connectivity index (χ3n) is 9.31. The SMILES string of the molecule is c1ccc(-c2cc(-c3ccccc3)nc(-c3ccccc3-c3ccccc3-c3ccc4c5ccccc5c5ccccc5c4c3)n2)cc1. The average molecular weight is 611 g/mol. The summed E-state index contributed by atoms with van der Waals surface area (Å²) in [6.07, 6.45) is 0. The van der Waals surface area contributed by atoms with Crippen molar-refractivity contribution in [3.63, 3.8) is 0 Å². The minimum absolute atomic E-state index is 0.705. The Morgan fingerprint density at radius 2 is 0.646 bits per heavy atom. The van der Waals surface area contributed by atoms with E-state index in [1.807, 2.05) is 12.1 Å². The highest BCUT2D eigenvalue weighted by molar-refractivity contribution is 6.25. The van der Waals surface area contributed by atoms with E-state index in [1.165, 1.54) is 43.4 Å². The Balaban J connectivity index is 1.25. The first-order valence-corrected chi connectivity index (χ1v) is 16.3. The minimum Gasteiger partial charge on any atom is -0.228 e. The smallest absolute Gasteiger partial charge is 0.161 e. The van der Waals surface area contributed by atoms with Crippen LogP contribution < -0.4 is 0 Å². The number of aromatic nitrogens is 2. The first kappa shape index (κ1) is 27.9. The molecule has 48 heavy (non-hydrogen) atoms. The van der Waals surface area contributed by atoms with E-state index in [-0.39, 0.29) is 0 Å². The molecule has 0 bridgehead atoms. The van der Waals surface area contributed by atoms with Crippen LogP contribution in [-0.4, -0.2) is 9.97 Å². The lowest BCUT2D eigenvalue weighted by Gasteiger charge is -2.16. The molecule has 8 aromatic carbocycles. The van der Waals surface area contributed by atoms with Gasteiger partial charge in [-0.1, -0.05) is 170 Å². The van der Waals surface area contributed by atoms with Gasteiger partial charge in [0.2, 0.25) is 0 Å². The number of rotatable bonds is 5. The minimum atomic E-state index is 0.705. The van der Waals surface area contributed by atoms with Gasteiger partial charge in [0.1, 0.15) is 0 Å². The lowest BCUT2D eigenvalue weighted by atomic mass is 9.88. The Labute approximate surface area is 279 Å². The summed E-state index contributed by atoms with van der Waals surface area (Å²) in [4.78, 5) is 10.4. The molecule has 0 aliphatic heterocycles. The maximum Gasteiger partial charge on any atom is 0.161 e. The predicted octanol–water partition coefficient (Wildman–Crippen LogP) is 12.3. The zero-order chi connectivity index (χ0) is 31.9. The summed E-state index contributed by atoms with van der Waals surface area (Å²) in [6, 6.07) is 64.4. The second kappa shape index (κ2) is 11.8. The summed E-state index contributed by atoms with van der Waals surface area (Å²) >= 11 is 0. The number of benzene rings is 8. The Bertz CT molecular complexity index is 2510. The Morgan fingerprint density at radius 1 is 0.250 bits per heavy atom. The van der Waals surface area contributed by atoms with E-state index in [9.17, 15) is 0 Å². The summed E-state index contributed by atoms with van der Waals surface area (Å²) in [5.74, 6) is 0.705. The van der Waals surface area contributed by atoms with E-state index in [0.717, 1.165) is 39.2 Å². The normalized spacial score (nSPS) is 11.3. The molecule has 0 radical (unpaired) electrons. The fourth-order valence-corrected chi connectivity index (χ4v) is 7.04. The van der Waals surface area contributed by atoms with Gasteiger partial charge < -0.3 is 0 Å². The van der Waals surface area contributed by atoms with E-state index in [4.69, 9.17) is 9.97 Å². The zero-order valence-electron chi connectivity index (χ0n) is 26.2. The maximum absolute atomic E-state index is 5.18. The van der Waals surface area contributed by atoms with Crippen molar-refractivity contribution in [3.8, 4) is 56.2 Å².